The number of phosphoric ester groups is 2. The number of hydrogen-bond acceptors (Lipinski definition) is 23. The molecule has 12 rings (SSSR count). The molecule has 125 heavy (non-hydrogen) atoms. The molecule has 38 heteroatoms. The molecule has 0 bridgehead atoms. The number of nitrogens with two attached hydrogens (primary N) is 3. The van der Waals surface area contributed by atoms with Crippen molar-refractivity contribution >= 4 is 164 Å². The Hall–Kier alpha value is -9.81. The van der Waals surface area contributed by atoms with E-state index in [1.807, 2.05) is 45.5 Å². The predicted molar refractivity (Wildman–Crippen MR) is 494 cm³/mol. The number of aromatic hydroxyl groups is 4. The number of alkyl halides is 3. The number of aryl methyl sites for hydroxylation is 6. The van der Waals surface area contributed by atoms with E-state index in [1.165, 1.54) is 24.3 Å². The largest absolute Gasteiger partial charge is 0.524 e. The standard InChI is InChI=1S/2C29H37BrN5O7P.C29H36BrN5O4/c1-2-3-10-24-34-26-27(35(24)18-20-8-4-9-23(28(20)37)42-43(38,39)40)21-12-11-19(16-22(21)33-29(26)31)7-5-14-41-15-6-13-32-25(36)17-30;1-2-3-10-24-34-26-27(35(24)18-20-8-4-9-23(36)28(20)42-43(38,39)40)21-12-11-19(16-22(21)33-29(26)31)7-5-14-41-15-6-13-32-25(37)17-30;1-2-3-7-25-34-27-28(35(25)18-20-16-21(36)9-11-24(20)37)22-10-8-19(15-23(22)33-29(27)31)6-4-13-39-14-5-12-32-26(38)17-30/h4,8-9,11-12,16,37H,2-3,5-7,10,13-15,17-18H2,1H3,(H2,31,33)(H,32,36)(H2,38,39,40);4,8-9,11-12,16,36H,2-3,5-7,10,13-15,17-18H2,1H3,(H2,31,33)(H,32,37)(H2,38,39,40);8-11,15-16,36-37H,2-7,12-14,17-18H2,1H3,(H2,31,33)(H,32,38). The van der Waals surface area contributed by atoms with Crippen molar-refractivity contribution < 1.29 is 86.8 Å². The maximum absolute atomic E-state index is 11.7. The highest BCUT2D eigenvalue weighted by Crippen LogP contribution is 2.46. The van der Waals surface area contributed by atoms with Gasteiger partial charge in [0.25, 0.3) is 0 Å². The third-order valence-corrected chi connectivity index (χ3v) is 22.8. The molecule has 672 valence electrons. The van der Waals surface area contributed by atoms with E-state index in [9.17, 15) is 63.5 Å². The number of nitrogens with zero attached hydrogens (tertiary/aromatic N) is 9. The summed E-state index contributed by atoms with van der Waals surface area (Å²) in [6.45, 7) is 12.3. The molecule has 0 aliphatic carbocycles. The number of nitrogens with one attached hydrogen (secondary N) is 3. The summed E-state index contributed by atoms with van der Waals surface area (Å²) in [5.74, 6) is 2.18. The van der Waals surface area contributed by atoms with Crippen LogP contribution in [-0.2, 0) is 95.9 Å². The van der Waals surface area contributed by atoms with Gasteiger partial charge < -0.3 is 90.5 Å². The molecule has 6 aromatic heterocycles. The highest BCUT2D eigenvalue weighted by molar-refractivity contribution is 9.09. The summed E-state index contributed by atoms with van der Waals surface area (Å²) in [5.41, 5.74) is 30.3. The Morgan fingerprint density at radius 1 is 0.408 bits per heavy atom. The zero-order valence-electron chi connectivity index (χ0n) is 70.2. The molecule has 3 amide bonds. The topological polar surface area (TPSA) is 500 Å². The number of ether oxygens (including phenoxy) is 3. The first-order valence-corrected chi connectivity index (χ1v) is 48.1. The second kappa shape index (κ2) is 47.7. The van der Waals surface area contributed by atoms with Crippen LogP contribution in [0, 0.1) is 0 Å². The van der Waals surface area contributed by atoms with Gasteiger partial charge in [-0.2, -0.15) is 0 Å². The summed E-state index contributed by atoms with van der Waals surface area (Å²) in [5, 5.41) is 53.6. The zero-order valence-corrected chi connectivity index (χ0v) is 76.7. The predicted octanol–water partition coefficient (Wildman–Crippen LogP) is 14.0. The molecule has 6 aromatic carbocycles. The highest BCUT2D eigenvalue weighted by atomic mass is 79.9. The number of anilines is 3. The molecule has 0 fully saturated rings. The molecule has 0 radical (unpaired) electrons. The molecule has 17 N–H and O–H groups in total. The monoisotopic (exact) mass is 1950 g/mol. The van der Waals surface area contributed by atoms with Crippen LogP contribution >= 0.6 is 63.4 Å². The zero-order chi connectivity index (χ0) is 89.7. The molecule has 0 aliphatic heterocycles. The number of phosphoric acid groups is 2. The van der Waals surface area contributed by atoms with Crippen molar-refractivity contribution in [2.45, 2.75) is 156 Å². The van der Waals surface area contributed by atoms with Gasteiger partial charge in [0, 0.05) is 111 Å². The number of phenolic OH excluding ortho intramolecular Hbond substituents is 4. The van der Waals surface area contributed by atoms with Crippen molar-refractivity contribution in [3.8, 4) is 34.5 Å². The van der Waals surface area contributed by atoms with Crippen molar-refractivity contribution in [2.24, 2.45) is 0 Å². The van der Waals surface area contributed by atoms with E-state index in [2.05, 4.69) is 122 Å². The SMILES string of the molecule is CCCCc1nc2c(N)nc3cc(CCCOCCCNC(=O)CBr)ccc3c2n1Cc1cc(O)ccc1O.CCCCc1nc2c(N)nc3cc(CCCOCCCNC(=O)CBr)ccc3c2n1Cc1cccc(O)c1OP(=O)(O)O.CCCCc1nc2c(N)nc3cc(CCCOCCCNC(=O)CBr)ccc3c2n1Cc1cccc(OP(=O)(O)O)c1O. The fraction of sp³-hybridized carbons (Fsp3) is 0.414. The number of carbonyl (C=O) groups is 3. The lowest BCUT2D eigenvalue weighted by Crippen LogP contribution is -2.26. The van der Waals surface area contributed by atoms with Crippen LogP contribution in [0.4, 0.5) is 17.5 Å². The Kier molecular flexibility index (Phi) is 37.1. The van der Waals surface area contributed by atoms with Gasteiger partial charge in [0.1, 0.15) is 45.5 Å². The third kappa shape index (κ3) is 27.8. The number of imidazole rings is 3. The number of unbranched alkanes of at least 4 members (excludes halogenated alkanes) is 3. The quantitative estimate of drug-likeness (QED) is 0.00729. The average Bonchev–Trinajstić information content (AvgIpc) is 1.68. The lowest BCUT2D eigenvalue weighted by molar-refractivity contribution is -0.119. The van der Waals surface area contributed by atoms with E-state index in [0.717, 1.165) is 181 Å². The lowest BCUT2D eigenvalue weighted by Gasteiger charge is -2.16. The molecular weight excluding hydrogens is 1840 g/mol. The first-order valence-electron chi connectivity index (χ1n) is 41.7. The molecule has 0 atom stereocenters. The fourth-order valence-electron chi connectivity index (χ4n) is 14.4. The van der Waals surface area contributed by atoms with Crippen LogP contribution in [-0.4, -0.2) is 177 Å². The van der Waals surface area contributed by atoms with E-state index in [4.69, 9.17) is 55.4 Å². The van der Waals surface area contributed by atoms with E-state index >= 15 is 0 Å². The van der Waals surface area contributed by atoms with Gasteiger partial charge in [0.05, 0.1) is 68.7 Å². The van der Waals surface area contributed by atoms with Gasteiger partial charge in [-0.05, 0) is 142 Å². The number of aromatic nitrogens is 9. The summed E-state index contributed by atoms with van der Waals surface area (Å²) < 4.78 is 55.8. The average molecular weight is 1960 g/mol. The van der Waals surface area contributed by atoms with Crippen molar-refractivity contribution in [2.75, 3.05) is 92.5 Å². The van der Waals surface area contributed by atoms with E-state index in [0.29, 0.717) is 145 Å². The maximum atomic E-state index is 11.7. The summed E-state index contributed by atoms with van der Waals surface area (Å²) >= 11 is 9.36. The summed E-state index contributed by atoms with van der Waals surface area (Å²) in [7, 11) is -9.79. The second-order valence-corrected chi connectivity index (χ2v) is 34.0. The Morgan fingerprint density at radius 3 is 1.14 bits per heavy atom. The molecular formula is C87H110Br3N15O18P2. The Morgan fingerprint density at radius 2 is 0.768 bits per heavy atom. The fourth-order valence-corrected chi connectivity index (χ4v) is 15.8. The number of carbonyl (C=O) groups excluding carboxylic acids is 3. The van der Waals surface area contributed by atoms with Crippen molar-refractivity contribution in [3.05, 3.63) is 160 Å². The van der Waals surface area contributed by atoms with Crippen LogP contribution in [0.25, 0.3) is 65.8 Å². The molecule has 0 saturated heterocycles. The van der Waals surface area contributed by atoms with Gasteiger partial charge in [-0.15, -0.1) is 0 Å². The number of pyridine rings is 3. The van der Waals surface area contributed by atoms with Crippen LogP contribution < -0.4 is 42.2 Å². The summed E-state index contributed by atoms with van der Waals surface area (Å²) in [6, 6.07) is 32.0. The Balaban J connectivity index is 0.000000196. The number of nitrogen functional groups attached to an aromatic ring is 3. The van der Waals surface area contributed by atoms with E-state index < -0.39 is 15.6 Å². The first-order chi connectivity index (χ1) is 60.1. The van der Waals surface area contributed by atoms with Crippen molar-refractivity contribution in [3.63, 3.8) is 0 Å². The number of amides is 3. The normalized spacial score (nSPS) is 11.7. The lowest BCUT2D eigenvalue weighted by atomic mass is 10.1. The van der Waals surface area contributed by atoms with Crippen molar-refractivity contribution in [1.29, 1.82) is 0 Å². The molecule has 0 spiro atoms. The number of halogens is 3. The number of hydrogen-bond donors (Lipinski definition) is 14. The molecule has 0 saturated carbocycles. The molecule has 0 aliphatic rings. The van der Waals surface area contributed by atoms with Gasteiger partial charge in [0.2, 0.25) is 17.7 Å². The molecule has 33 nitrogen and oxygen atoms in total. The minimum Gasteiger partial charge on any atom is -0.508 e. The number of rotatable bonds is 46. The van der Waals surface area contributed by atoms with Gasteiger partial charge in [-0.3, -0.25) is 34.0 Å². The van der Waals surface area contributed by atoms with Gasteiger partial charge in [0.15, 0.2) is 40.5 Å². The Labute approximate surface area is 748 Å². The van der Waals surface area contributed by atoms with E-state index in [1.54, 1.807) is 30.3 Å². The van der Waals surface area contributed by atoms with Crippen LogP contribution in [0.2, 0.25) is 0 Å². The minimum absolute atomic E-state index is 0.0180. The van der Waals surface area contributed by atoms with Crippen LogP contribution in [0.15, 0.2) is 109 Å². The maximum Gasteiger partial charge on any atom is 0.524 e. The summed E-state index contributed by atoms with van der Waals surface area (Å²) in [4.78, 5) is 99.7. The number of benzene rings is 6. The first kappa shape index (κ1) is 97.4. The second-order valence-electron chi connectivity index (χ2n) is 30.0. The van der Waals surface area contributed by atoms with E-state index in [-0.39, 0.29) is 71.1 Å². The van der Waals surface area contributed by atoms with Gasteiger partial charge in [-0.1, -0.05) is 148 Å². The minimum atomic E-state index is -4.93. The van der Waals surface area contributed by atoms with Gasteiger partial charge >= 0.3 is 15.6 Å². The number of fused-ring (bicyclic) bond motifs is 9. The third-order valence-electron chi connectivity index (χ3n) is 20.4. The van der Waals surface area contributed by atoms with Crippen molar-refractivity contribution in [1.82, 2.24) is 59.6 Å². The molecule has 0 unspecified atom stereocenters. The smallest absolute Gasteiger partial charge is 0.508 e. The van der Waals surface area contributed by atoms with Crippen LogP contribution in [0.1, 0.15) is 149 Å². The van der Waals surface area contributed by atoms with Crippen LogP contribution in [0.5, 0.6) is 34.5 Å². The summed E-state index contributed by atoms with van der Waals surface area (Å²) in [6.07, 6.45) is 14.9. The Bertz CT molecular complexity index is 5790. The van der Waals surface area contributed by atoms with Gasteiger partial charge in [-0.25, -0.2) is 39.0 Å². The number of phenols is 4. The molecule has 6 heterocycles. The van der Waals surface area contributed by atoms with Crippen LogP contribution in [0.3, 0.4) is 0 Å². The molecule has 12 aromatic rings. The highest BCUT2D eigenvalue weighted by Gasteiger charge is 2.28. The number of para-hydroxylation sites is 2.